The molecule has 2 rings (SSSR count). The van der Waals surface area contributed by atoms with E-state index in [-0.39, 0.29) is 6.04 Å². The van der Waals surface area contributed by atoms with Crippen LogP contribution in [0.25, 0.3) is 0 Å². The first-order valence-corrected chi connectivity index (χ1v) is 7.49. The summed E-state index contributed by atoms with van der Waals surface area (Å²) in [5, 5.41) is 0. The Morgan fingerprint density at radius 1 is 1.32 bits per heavy atom. The topological polar surface area (TPSA) is 47.3 Å². The predicted octanol–water partition coefficient (Wildman–Crippen LogP) is 3.28. The molecule has 1 unspecified atom stereocenters. The number of benzene rings is 1. The maximum Gasteiger partial charge on any atom is 0.0466 e. The van der Waals surface area contributed by atoms with Gasteiger partial charge in [-0.2, -0.15) is 0 Å². The molecule has 1 saturated carbocycles. The molecule has 1 aliphatic carbocycles. The van der Waals surface area contributed by atoms with E-state index in [0.29, 0.717) is 0 Å². The molecule has 19 heavy (non-hydrogen) atoms. The van der Waals surface area contributed by atoms with Gasteiger partial charge in [-0.15, -0.1) is 0 Å². The molecule has 1 aromatic carbocycles. The van der Waals surface area contributed by atoms with Gasteiger partial charge in [-0.3, -0.25) is 11.3 Å². The zero-order chi connectivity index (χ0) is 13.5. The zero-order valence-electron chi connectivity index (χ0n) is 11.9. The molecule has 1 aromatic rings. The fourth-order valence-corrected chi connectivity index (χ4v) is 2.62. The highest BCUT2D eigenvalue weighted by molar-refractivity contribution is 5.28. The molecule has 0 saturated heterocycles. The second-order valence-electron chi connectivity index (χ2n) is 5.35. The van der Waals surface area contributed by atoms with Crippen molar-refractivity contribution in [2.75, 3.05) is 13.2 Å². The lowest BCUT2D eigenvalue weighted by molar-refractivity contribution is 0.141. The quantitative estimate of drug-likeness (QED) is 0.429. The molecule has 3 heteroatoms. The largest absolute Gasteiger partial charge is 0.382 e. The Morgan fingerprint density at radius 3 is 2.58 bits per heavy atom. The molecule has 1 aliphatic rings. The van der Waals surface area contributed by atoms with E-state index in [0.717, 1.165) is 32.0 Å². The van der Waals surface area contributed by atoms with E-state index in [2.05, 4.69) is 29.7 Å². The average molecular weight is 262 g/mol. The van der Waals surface area contributed by atoms with Crippen molar-refractivity contribution in [1.82, 2.24) is 5.43 Å². The van der Waals surface area contributed by atoms with Crippen LogP contribution in [0, 0.1) is 0 Å². The Labute approximate surface area is 116 Å². The van der Waals surface area contributed by atoms with Gasteiger partial charge in [0.25, 0.3) is 0 Å². The number of hydrogen-bond acceptors (Lipinski definition) is 3. The number of nitrogens with one attached hydrogen (secondary N) is 1. The summed E-state index contributed by atoms with van der Waals surface area (Å²) in [5.74, 6) is 6.47. The summed E-state index contributed by atoms with van der Waals surface area (Å²) < 4.78 is 5.37. The van der Waals surface area contributed by atoms with Gasteiger partial charge < -0.3 is 4.74 Å². The van der Waals surface area contributed by atoms with Gasteiger partial charge in [0.15, 0.2) is 0 Å². The Bertz CT molecular complexity index is 360. The summed E-state index contributed by atoms with van der Waals surface area (Å²) in [6, 6.07) is 9.21. The van der Waals surface area contributed by atoms with Gasteiger partial charge in [0.05, 0.1) is 0 Å². The molecule has 3 nitrogen and oxygen atoms in total. The Morgan fingerprint density at radius 2 is 2.05 bits per heavy atom. The molecule has 0 amide bonds. The van der Waals surface area contributed by atoms with E-state index in [4.69, 9.17) is 10.6 Å². The summed E-state index contributed by atoms with van der Waals surface area (Å²) in [6.45, 7) is 3.63. The Hall–Kier alpha value is -0.900. The molecule has 3 N–H and O–H groups in total. The first kappa shape index (κ1) is 14.5. The minimum Gasteiger partial charge on any atom is -0.382 e. The molecule has 0 aromatic heterocycles. The van der Waals surface area contributed by atoms with Crippen LogP contribution in [0.5, 0.6) is 0 Å². The lowest BCUT2D eigenvalue weighted by Gasteiger charge is -2.26. The van der Waals surface area contributed by atoms with Crippen LogP contribution in [0.15, 0.2) is 24.3 Å². The first-order chi connectivity index (χ1) is 9.35. The minimum atomic E-state index is 0.232. The van der Waals surface area contributed by atoms with E-state index >= 15 is 0 Å². The van der Waals surface area contributed by atoms with Gasteiger partial charge in [0.2, 0.25) is 0 Å². The van der Waals surface area contributed by atoms with E-state index < -0.39 is 0 Å². The molecule has 1 fully saturated rings. The summed E-state index contributed by atoms with van der Waals surface area (Å²) in [6.07, 6.45) is 6.14. The van der Waals surface area contributed by atoms with Crippen LogP contribution in [-0.4, -0.2) is 13.2 Å². The number of nitrogens with two attached hydrogens (primary N) is 1. The van der Waals surface area contributed by atoms with Crippen molar-refractivity contribution in [3.05, 3.63) is 35.4 Å². The standard InChI is InChI=1S/C16H26N2O/c1-2-19-12-4-7-16(18-17)15-10-8-14(9-11-15)13-5-3-6-13/h8-11,13,16,18H,2-7,12,17H2,1H3. The molecule has 0 heterocycles. The SMILES string of the molecule is CCOCCCC(NN)c1ccc(C2CCC2)cc1. The summed E-state index contributed by atoms with van der Waals surface area (Å²) in [5.41, 5.74) is 5.68. The highest BCUT2D eigenvalue weighted by atomic mass is 16.5. The van der Waals surface area contributed by atoms with Crippen molar-refractivity contribution in [1.29, 1.82) is 0 Å². The molecule has 0 aliphatic heterocycles. The van der Waals surface area contributed by atoms with Crippen LogP contribution in [0.1, 0.15) is 62.1 Å². The van der Waals surface area contributed by atoms with Crippen LogP contribution >= 0.6 is 0 Å². The van der Waals surface area contributed by atoms with Crippen LogP contribution in [-0.2, 0) is 4.74 Å². The summed E-state index contributed by atoms with van der Waals surface area (Å²) in [7, 11) is 0. The summed E-state index contributed by atoms with van der Waals surface area (Å²) >= 11 is 0. The normalized spacial score (nSPS) is 17.2. The van der Waals surface area contributed by atoms with Crippen molar-refractivity contribution in [2.45, 2.75) is 51.0 Å². The van der Waals surface area contributed by atoms with Crippen LogP contribution in [0.2, 0.25) is 0 Å². The van der Waals surface area contributed by atoms with Crippen molar-refractivity contribution in [3.63, 3.8) is 0 Å². The molecule has 0 bridgehead atoms. The maximum atomic E-state index is 5.66. The van der Waals surface area contributed by atoms with Crippen molar-refractivity contribution < 1.29 is 4.74 Å². The number of hydrazine groups is 1. The molecule has 0 radical (unpaired) electrons. The smallest absolute Gasteiger partial charge is 0.0466 e. The lowest BCUT2D eigenvalue weighted by atomic mass is 9.80. The van der Waals surface area contributed by atoms with Crippen molar-refractivity contribution >= 4 is 0 Å². The summed E-state index contributed by atoms with van der Waals surface area (Å²) in [4.78, 5) is 0. The fraction of sp³-hybridized carbons (Fsp3) is 0.625. The molecular formula is C16H26N2O. The molecular weight excluding hydrogens is 236 g/mol. The Kier molecular flexibility index (Phi) is 5.83. The number of ether oxygens (including phenoxy) is 1. The minimum absolute atomic E-state index is 0.232. The average Bonchev–Trinajstić information content (AvgIpc) is 2.38. The fourth-order valence-electron chi connectivity index (χ4n) is 2.62. The number of rotatable bonds is 8. The van der Waals surface area contributed by atoms with E-state index in [1.807, 2.05) is 6.92 Å². The molecule has 1 atom stereocenters. The van der Waals surface area contributed by atoms with Gasteiger partial charge in [-0.05, 0) is 49.7 Å². The highest BCUT2D eigenvalue weighted by Crippen LogP contribution is 2.36. The van der Waals surface area contributed by atoms with Crippen LogP contribution in [0.3, 0.4) is 0 Å². The van der Waals surface area contributed by atoms with Crippen LogP contribution < -0.4 is 11.3 Å². The molecule has 0 spiro atoms. The highest BCUT2D eigenvalue weighted by Gasteiger charge is 2.19. The van der Waals surface area contributed by atoms with Gasteiger partial charge in [0.1, 0.15) is 0 Å². The van der Waals surface area contributed by atoms with Crippen molar-refractivity contribution in [3.8, 4) is 0 Å². The van der Waals surface area contributed by atoms with E-state index in [1.165, 1.54) is 30.4 Å². The van der Waals surface area contributed by atoms with E-state index in [1.54, 1.807) is 0 Å². The Balaban J connectivity index is 1.86. The van der Waals surface area contributed by atoms with Gasteiger partial charge in [-0.25, -0.2) is 0 Å². The zero-order valence-corrected chi connectivity index (χ0v) is 11.9. The van der Waals surface area contributed by atoms with Gasteiger partial charge in [0, 0.05) is 19.3 Å². The number of hydrogen-bond donors (Lipinski definition) is 2. The van der Waals surface area contributed by atoms with E-state index in [9.17, 15) is 0 Å². The van der Waals surface area contributed by atoms with Gasteiger partial charge >= 0.3 is 0 Å². The van der Waals surface area contributed by atoms with Crippen LogP contribution in [0.4, 0.5) is 0 Å². The van der Waals surface area contributed by atoms with Crippen molar-refractivity contribution in [2.24, 2.45) is 5.84 Å². The lowest BCUT2D eigenvalue weighted by Crippen LogP contribution is -2.28. The third-order valence-electron chi connectivity index (χ3n) is 4.10. The maximum absolute atomic E-state index is 5.66. The third kappa shape index (κ3) is 4.03. The monoisotopic (exact) mass is 262 g/mol. The second-order valence-corrected chi connectivity index (χ2v) is 5.35. The molecule has 106 valence electrons. The predicted molar refractivity (Wildman–Crippen MR) is 78.8 cm³/mol. The third-order valence-corrected chi connectivity index (χ3v) is 4.10. The van der Waals surface area contributed by atoms with Gasteiger partial charge in [-0.1, -0.05) is 30.7 Å². The first-order valence-electron chi connectivity index (χ1n) is 7.49. The second kappa shape index (κ2) is 7.63.